The Kier molecular flexibility index (Phi) is 3.51. The van der Waals surface area contributed by atoms with Gasteiger partial charge in [-0.3, -0.25) is 0 Å². The van der Waals surface area contributed by atoms with Crippen LogP contribution in [0.25, 0.3) is 0 Å². The Bertz CT molecular complexity index is 380. The largest absolute Gasteiger partial charge is 0.506 e. The summed E-state index contributed by atoms with van der Waals surface area (Å²) < 4.78 is 1.30. The van der Waals surface area contributed by atoms with Gasteiger partial charge in [-0.15, -0.1) is 4.58 Å². The van der Waals surface area contributed by atoms with Crippen molar-refractivity contribution in [2.45, 2.75) is 0 Å². The van der Waals surface area contributed by atoms with E-state index in [0.717, 1.165) is 5.69 Å². The Morgan fingerprint density at radius 2 is 1.93 bits per heavy atom. The van der Waals surface area contributed by atoms with Gasteiger partial charge in [0.1, 0.15) is 5.69 Å². The van der Waals surface area contributed by atoms with E-state index in [1.165, 1.54) is 9.48 Å². The molecule has 1 aromatic rings. The van der Waals surface area contributed by atoms with Gasteiger partial charge in [0, 0.05) is 12.2 Å². The van der Waals surface area contributed by atoms with E-state index in [0.29, 0.717) is 0 Å². The summed E-state index contributed by atoms with van der Waals surface area (Å²) in [7, 11) is 3.34. The molecule has 0 spiro atoms. The highest BCUT2D eigenvalue weighted by atomic mass is 32.1. The van der Waals surface area contributed by atoms with E-state index in [1.807, 2.05) is 18.2 Å². The molecule has 0 N–H and O–H groups in total. The first-order valence-electron chi connectivity index (χ1n) is 4.11. The van der Waals surface area contributed by atoms with Gasteiger partial charge in [0.25, 0.3) is 0 Å². The first kappa shape index (κ1) is 10.6. The summed E-state index contributed by atoms with van der Waals surface area (Å²) in [4.78, 5) is 13.0. The molecule has 0 fully saturated rings. The summed E-state index contributed by atoms with van der Waals surface area (Å²) in [6.45, 7) is 0. The number of nitrogens with zero attached hydrogens (tertiary/aromatic N) is 2. The fraction of sp³-hybridized carbons (Fsp3) is 0.200. The van der Waals surface area contributed by atoms with E-state index < -0.39 is 0 Å². The van der Waals surface area contributed by atoms with Crippen LogP contribution < -0.4 is 0 Å². The van der Waals surface area contributed by atoms with Crippen molar-refractivity contribution < 1.29 is 9.37 Å². The first-order valence-corrected chi connectivity index (χ1v) is 4.52. The van der Waals surface area contributed by atoms with Crippen molar-refractivity contribution in [3.05, 3.63) is 30.3 Å². The lowest BCUT2D eigenvalue weighted by Gasteiger charge is -2.03. The lowest BCUT2D eigenvalue weighted by Crippen LogP contribution is -2.28. The predicted octanol–water partition coefficient (Wildman–Crippen LogP) is 2.12. The number of isothiocyanates is 1. The molecule has 0 heterocycles. The van der Waals surface area contributed by atoms with Gasteiger partial charge in [-0.25, -0.2) is 4.90 Å². The molecule has 14 heavy (non-hydrogen) atoms. The smallest absolute Gasteiger partial charge is 0.230 e. The monoisotopic (exact) mass is 207 g/mol. The van der Waals surface area contributed by atoms with Gasteiger partial charge < -0.3 is 0 Å². The Morgan fingerprint density at radius 3 is 2.36 bits per heavy atom. The maximum absolute atomic E-state index is 11.6. The molecule has 0 radical (unpaired) electrons. The molecule has 0 aliphatic heterocycles. The van der Waals surface area contributed by atoms with E-state index in [1.54, 1.807) is 26.2 Å². The van der Waals surface area contributed by atoms with Crippen molar-refractivity contribution >= 4 is 29.1 Å². The molecule has 2 amide bonds. The number of hydrogen-bond acceptors (Lipinski definition) is 2. The average Bonchev–Trinajstić information content (AvgIpc) is 2.20. The Morgan fingerprint density at radius 1 is 1.36 bits per heavy atom. The zero-order chi connectivity index (χ0) is 10.6. The highest BCUT2D eigenvalue weighted by Gasteiger charge is 2.20. The van der Waals surface area contributed by atoms with Crippen molar-refractivity contribution in [2.75, 3.05) is 14.1 Å². The molecule has 0 aliphatic rings. The number of amides is 2. The van der Waals surface area contributed by atoms with Crippen LogP contribution in [0.15, 0.2) is 30.3 Å². The number of thiocarbonyl (C=S) groups is 1. The summed E-state index contributed by atoms with van der Waals surface area (Å²) in [5.74, 6) is 0. The average molecular weight is 207 g/mol. The summed E-state index contributed by atoms with van der Waals surface area (Å²) >= 11 is 4.68. The molecular weight excluding hydrogens is 196 g/mol. The fourth-order valence-corrected chi connectivity index (χ4v) is 1.16. The van der Waals surface area contributed by atoms with Gasteiger partial charge in [-0.2, -0.15) is 4.79 Å². The van der Waals surface area contributed by atoms with Crippen molar-refractivity contribution in [3.8, 4) is 0 Å². The second-order valence-electron chi connectivity index (χ2n) is 2.94. The molecule has 0 unspecified atom stereocenters. The van der Waals surface area contributed by atoms with Gasteiger partial charge in [0.15, 0.2) is 5.16 Å². The van der Waals surface area contributed by atoms with Crippen LogP contribution in [0.2, 0.25) is 0 Å². The van der Waals surface area contributed by atoms with Crippen molar-refractivity contribution in [2.24, 2.45) is 0 Å². The maximum Gasteiger partial charge on any atom is 0.506 e. The molecule has 1 aromatic carbocycles. The van der Waals surface area contributed by atoms with Gasteiger partial charge >= 0.3 is 6.03 Å². The van der Waals surface area contributed by atoms with Gasteiger partial charge in [-0.05, 0) is 12.1 Å². The second kappa shape index (κ2) is 4.65. The third-order valence-corrected chi connectivity index (χ3v) is 1.86. The van der Waals surface area contributed by atoms with Crippen LogP contribution in [0.1, 0.15) is 0 Å². The van der Waals surface area contributed by atoms with Crippen LogP contribution in [0.5, 0.6) is 0 Å². The van der Waals surface area contributed by atoms with Crippen LogP contribution in [-0.4, -0.2) is 34.8 Å². The normalized spacial score (nSPS) is 9.00. The zero-order valence-corrected chi connectivity index (χ0v) is 8.91. The third-order valence-electron chi connectivity index (χ3n) is 1.68. The van der Waals surface area contributed by atoms with Crippen molar-refractivity contribution in [1.82, 2.24) is 4.90 Å². The minimum atomic E-state index is -0.203. The van der Waals surface area contributed by atoms with Crippen LogP contribution >= 0.6 is 12.2 Å². The van der Waals surface area contributed by atoms with Crippen molar-refractivity contribution in [1.29, 1.82) is 0 Å². The molecule has 0 bridgehead atoms. The number of hydrogen-bond donors (Lipinski definition) is 0. The van der Waals surface area contributed by atoms with Gasteiger partial charge in [-0.1, -0.05) is 18.2 Å². The van der Waals surface area contributed by atoms with E-state index in [9.17, 15) is 4.79 Å². The summed E-state index contributed by atoms with van der Waals surface area (Å²) in [5, 5.41) is 2.42. The fourth-order valence-electron chi connectivity index (χ4n) is 0.979. The summed E-state index contributed by atoms with van der Waals surface area (Å²) in [6.07, 6.45) is 0. The van der Waals surface area contributed by atoms with Crippen molar-refractivity contribution in [3.63, 3.8) is 0 Å². The third kappa shape index (κ3) is 2.25. The lowest BCUT2D eigenvalue weighted by atomic mass is 10.3. The molecule has 0 atom stereocenters. The molecular formula is C10H11N2OS+. The second-order valence-corrected chi connectivity index (χ2v) is 3.12. The topological polar surface area (TPSA) is 23.3 Å². The molecule has 4 heteroatoms. The zero-order valence-electron chi connectivity index (χ0n) is 8.10. The highest BCUT2D eigenvalue weighted by Crippen LogP contribution is 2.10. The number of carbonyl (C=O) groups excluding carboxylic acids is 1. The number of carbonyl (C=O) groups is 1. The molecule has 0 aromatic heterocycles. The first-order chi connectivity index (χ1) is 6.66. The highest BCUT2D eigenvalue weighted by molar-refractivity contribution is 7.78. The minimum absolute atomic E-state index is 0.203. The van der Waals surface area contributed by atoms with Gasteiger partial charge in [0.2, 0.25) is 0 Å². The van der Waals surface area contributed by atoms with Crippen LogP contribution in [0.3, 0.4) is 0 Å². The van der Waals surface area contributed by atoms with Gasteiger partial charge in [0.05, 0.1) is 14.1 Å². The van der Waals surface area contributed by atoms with E-state index >= 15 is 0 Å². The quantitative estimate of drug-likeness (QED) is 0.400. The van der Waals surface area contributed by atoms with E-state index in [2.05, 4.69) is 17.4 Å². The van der Waals surface area contributed by atoms with E-state index in [4.69, 9.17) is 0 Å². The van der Waals surface area contributed by atoms with Crippen LogP contribution in [0, 0.1) is 0 Å². The van der Waals surface area contributed by atoms with E-state index in [-0.39, 0.29) is 6.03 Å². The van der Waals surface area contributed by atoms with Crippen LogP contribution in [0.4, 0.5) is 10.5 Å². The number of rotatable bonds is 1. The molecule has 1 rings (SSSR count). The molecule has 72 valence electrons. The summed E-state index contributed by atoms with van der Waals surface area (Å²) in [6, 6.07) is 8.98. The number of urea groups is 1. The molecule has 3 nitrogen and oxygen atoms in total. The molecule has 0 saturated heterocycles. The number of para-hydroxylation sites is 1. The Balaban J connectivity index is 3.08. The van der Waals surface area contributed by atoms with Crippen LogP contribution in [-0.2, 0) is 0 Å². The Hall–Kier alpha value is -1.51. The maximum atomic E-state index is 11.6. The number of benzene rings is 1. The molecule has 0 saturated carbocycles. The lowest BCUT2D eigenvalue weighted by molar-refractivity contribution is -0.333. The standard InChI is InChI=1S/C10H11N2OS/c1-11(2)10(13)12(8-14)9-6-4-3-5-7-9/h3-7H,1-2H3/q+1. The Labute approximate surface area is 88.3 Å². The summed E-state index contributed by atoms with van der Waals surface area (Å²) in [5.41, 5.74) is 0.723. The molecule has 0 aliphatic carbocycles. The minimum Gasteiger partial charge on any atom is -0.230 e. The predicted molar refractivity (Wildman–Crippen MR) is 58.0 cm³/mol. The SMILES string of the molecule is CN(C)C(=O)[N+](=C=S)c1ccccc1.